The Kier molecular flexibility index (Phi) is 3.17. The molecule has 0 aromatic heterocycles. The predicted octanol–water partition coefficient (Wildman–Crippen LogP) is 4.86. The van der Waals surface area contributed by atoms with Crippen LogP contribution in [0.1, 0.15) is 10.4 Å². The van der Waals surface area contributed by atoms with Crippen molar-refractivity contribution in [3.8, 4) is 11.1 Å². The smallest absolute Gasteiger partial charge is 0.335 e. The molecule has 2 nitrogen and oxygen atoms in total. The Morgan fingerprint density at radius 3 is 2.40 bits per heavy atom. The van der Waals surface area contributed by atoms with E-state index in [0.717, 1.165) is 21.9 Å². The summed E-state index contributed by atoms with van der Waals surface area (Å²) in [6.45, 7) is 0. The second-order valence-corrected chi connectivity index (χ2v) is 4.93. The SMILES string of the molecule is O=C(O)c1cccc(-c2ccc(Cl)c3ccccc23)c1. The van der Waals surface area contributed by atoms with E-state index in [9.17, 15) is 4.79 Å². The van der Waals surface area contributed by atoms with Gasteiger partial charge in [-0.05, 0) is 34.7 Å². The molecular formula is C17H11ClO2. The molecule has 0 spiro atoms. The van der Waals surface area contributed by atoms with Gasteiger partial charge in [0.2, 0.25) is 0 Å². The third kappa shape index (κ3) is 2.15. The molecule has 20 heavy (non-hydrogen) atoms. The molecule has 0 aliphatic heterocycles. The molecule has 0 fully saturated rings. The highest BCUT2D eigenvalue weighted by atomic mass is 35.5. The molecule has 0 bridgehead atoms. The van der Waals surface area contributed by atoms with Gasteiger partial charge in [0.1, 0.15) is 0 Å². The van der Waals surface area contributed by atoms with Crippen LogP contribution >= 0.6 is 11.6 Å². The van der Waals surface area contributed by atoms with E-state index in [0.29, 0.717) is 5.02 Å². The van der Waals surface area contributed by atoms with Gasteiger partial charge in [0, 0.05) is 10.4 Å². The van der Waals surface area contributed by atoms with Gasteiger partial charge >= 0.3 is 5.97 Å². The standard InChI is InChI=1S/C17H11ClO2/c18-16-9-8-13(14-6-1-2-7-15(14)16)11-4-3-5-12(10-11)17(19)20/h1-10H,(H,19,20). The van der Waals surface area contributed by atoms with Crippen molar-refractivity contribution in [2.24, 2.45) is 0 Å². The van der Waals surface area contributed by atoms with Crippen LogP contribution < -0.4 is 0 Å². The Morgan fingerprint density at radius 2 is 1.65 bits per heavy atom. The largest absolute Gasteiger partial charge is 0.478 e. The van der Waals surface area contributed by atoms with Crippen molar-refractivity contribution < 1.29 is 9.90 Å². The number of rotatable bonds is 2. The van der Waals surface area contributed by atoms with Crippen molar-refractivity contribution in [1.29, 1.82) is 0 Å². The normalized spacial score (nSPS) is 10.7. The van der Waals surface area contributed by atoms with Crippen LogP contribution in [0.15, 0.2) is 60.7 Å². The van der Waals surface area contributed by atoms with Crippen LogP contribution in [-0.4, -0.2) is 11.1 Å². The minimum Gasteiger partial charge on any atom is -0.478 e. The molecule has 0 amide bonds. The van der Waals surface area contributed by atoms with E-state index in [-0.39, 0.29) is 5.56 Å². The fraction of sp³-hybridized carbons (Fsp3) is 0. The minimum atomic E-state index is -0.926. The summed E-state index contributed by atoms with van der Waals surface area (Å²) >= 11 is 6.20. The Balaban J connectivity index is 2.27. The minimum absolute atomic E-state index is 0.279. The zero-order valence-electron chi connectivity index (χ0n) is 10.5. The zero-order valence-corrected chi connectivity index (χ0v) is 11.3. The fourth-order valence-corrected chi connectivity index (χ4v) is 2.56. The molecule has 0 radical (unpaired) electrons. The number of halogens is 1. The number of fused-ring (bicyclic) bond motifs is 1. The Morgan fingerprint density at radius 1 is 0.900 bits per heavy atom. The Labute approximate surface area is 121 Å². The summed E-state index contributed by atoms with van der Waals surface area (Å²) in [4.78, 5) is 11.1. The molecule has 0 saturated carbocycles. The summed E-state index contributed by atoms with van der Waals surface area (Å²) in [5.74, 6) is -0.926. The summed E-state index contributed by atoms with van der Waals surface area (Å²) in [7, 11) is 0. The molecule has 0 aliphatic carbocycles. The second kappa shape index (κ2) is 4.99. The molecule has 0 aliphatic rings. The summed E-state index contributed by atoms with van der Waals surface area (Å²) in [5.41, 5.74) is 2.13. The van der Waals surface area contributed by atoms with Crippen molar-refractivity contribution >= 4 is 28.3 Å². The van der Waals surface area contributed by atoms with Crippen molar-refractivity contribution in [2.75, 3.05) is 0 Å². The summed E-state index contributed by atoms with van der Waals surface area (Å²) in [6.07, 6.45) is 0. The van der Waals surface area contributed by atoms with Gasteiger partial charge in [0.25, 0.3) is 0 Å². The Bertz CT molecular complexity index is 809. The first-order valence-corrected chi connectivity index (χ1v) is 6.55. The van der Waals surface area contributed by atoms with E-state index in [2.05, 4.69) is 0 Å². The number of carboxylic acid groups (broad SMARTS) is 1. The lowest BCUT2D eigenvalue weighted by molar-refractivity contribution is 0.0697. The molecule has 0 heterocycles. The van der Waals surface area contributed by atoms with E-state index in [1.54, 1.807) is 18.2 Å². The fourth-order valence-electron chi connectivity index (χ4n) is 2.33. The van der Waals surface area contributed by atoms with Crippen LogP contribution in [0.3, 0.4) is 0 Å². The van der Waals surface area contributed by atoms with Gasteiger partial charge in [-0.2, -0.15) is 0 Å². The number of aromatic carboxylic acids is 1. The lowest BCUT2D eigenvalue weighted by atomic mass is 9.97. The summed E-state index contributed by atoms with van der Waals surface area (Å²) in [6, 6.07) is 18.5. The van der Waals surface area contributed by atoms with Gasteiger partial charge in [0.05, 0.1) is 5.56 Å². The molecule has 0 saturated heterocycles. The molecule has 0 unspecified atom stereocenters. The molecule has 3 heteroatoms. The van der Waals surface area contributed by atoms with Crippen LogP contribution in [0.4, 0.5) is 0 Å². The van der Waals surface area contributed by atoms with Crippen LogP contribution in [-0.2, 0) is 0 Å². The van der Waals surface area contributed by atoms with Gasteiger partial charge in [-0.15, -0.1) is 0 Å². The van der Waals surface area contributed by atoms with Crippen molar-refractivity contribution in [2.45, 2.75) is 0 Å². The monoisotopic (exact) mass is 282 g/mol. The summed E-state index contributed by atoms with van der Waals surface area (Å²) < 4.78 is 0. The van der Waals surface area contributed by atoms with Crippen LogP contribution in [0.5, 0.6) is 0 Å². The first-order valence-electron chi connectivity index (χ1n) is 6.18. The maximum Gasteiger partial charge on any atom is 0.335 e. The van der Waals surface area contributed by atoms with Gasteiger partial charge in [-0.3, -0.25) is 0 Å². The molecule has 98 valence electrons. The lowest BCUT2D eigenvalue weighted by Crippen LogP contribution is -1.95. The number of carbonyl (C=O) groups is 1. The van der Waals surface area contributed by atoms with Crippen molar-refractivity contribution in [1.82, 2.24) is 0 Å². The lowest BCUT2D eigenvalue weighted by Gasteiger charge is -2.09. The van der Waals surface area contributed by atoms with Gasteiger partial charge < -0.3 is 5.11 Å². The van der Waals surface area contributed by atoms with Crippen LogP contribution in [0.25, 0.3) is 21.9 Å². The van der Waals surface area contributed by atoms with E-state index >= 15 is 0 Å². The maximum atomic E-state index is 11.1. The second-order valence-electron chi connectivity index (χ2n) is 4.53. The van der Waals surface area contributed by atoms with E-state index in [1.807, 2.05) is 42.5 Å². The molecule has 3 aromatic rings. The van der Waals surface area contributed by atoms with E-state index in [4.69, 9.17) is 16.7 Å². The first kappa shape index (κ1) is 12.7. The van der Waals surface area contributed by atoms with Crippen molar-refractivity contribution in [3.05, 3.63) is 71.2 Å². The molecular weight excluding hydrogens is 272 g/mol. The van der Waals surface area contributed by atoms with Crippen molar-refractivity contribution in [3.63, 3.8) is 0 Å². The highest BCUT2D eigenvalue weighted by Crippen LogP contribution is 2.33. The predicted molar refractivity (Wildman–Crippen MR) is 81.4 cm³/mol. The highest BCUT2D eigenvalue weighted by Gasteiger charge is 2.09. The molecule has 3 aromatic carbocycles. The zero-order chi connectivity index (χ0) is 14.1. The van der Waals surface area contributed by atoms with Crippen LogP contribution in [0.2, 0.25) is 5.02 Å². The van der Waals surface area contributed by atoms with E-state index in [1.165, 1.54) is 0 Å². The van der Waals surface area contributed by atoms with E-state index < -0.39 is 5.97 Å². The first-order chi connectivity index (χ1) is 9.66. The maximum absolute atomic E-state index is 11.1. The quantitative estimate of drug-likeness (QED) is 0.729. The third-order valence-electron chi connectivity index (χ3n) is 3.29. The number of hydrogen-bond donors (Lipinski definition) is 1. The number of benzene rings is 3. The topological polar surface area (TPSA) is 37.3 Å². The highest BCUT2D eigenvalue weighted by molar-refractivity contribution is 6.36. The average molecular weight is 283 g/mol. The average Bonchev–Trinajstić information content (AvgIpc) is 2.48. The van der Waals surface area contributed by atoms with Gasteiger partial charge in [0.15, 0.2) is 0 Å². The van der Waals surface area contributed by atoms with Gasteiger partial charge in [-0.1, -0.05) is 54.1 Å². The summed E-state index contributed by atoms with van der Waals surface area (Å²) in [5, 5.41) is 11.8. The molecule has 1 N–H and O–H groups in total. The Hall–Kier alpha value is -2.32. The molecule has 3 rings (SSSR count). The molecule has 0 atom stereocenters. The van der Waals surface area contributed by atoms with Gasteiger partial charge in [-0.25, -0.2) is 4.79 Å². The third-order valence-corrected chi connectivity index (χ3v) is 3.62. The number of carboxylic acids is 1. The number of hydrogen-bond acceptors (Lipinski definition) is 1. The van der Waals surface area contributed by atoms with Crippen LogP contribution in [0, 0.1) is 0 Å².